The molecule has 4 rings (SSSR count). The van der Waals surface area contributed by atoms with E-state index in [0.717, 1.165) is 36.9 Å². The second kappa shape index (κ2) is 6.37. The van der Waals surface area contributed by atoms with E-state index in [0.29, 0.717) is 0 Å². The molecule has 2 nitrogen and oxygen atoms in total. The van der Waals surface area contributed by atoms with E-state index in [4.69, 9.17) is 0 Å². The Morgan fingerprint density at radius 3 is 2.62 bits per heavy atom. The quantitative estimate of drug-likeness (QED) is 0.748. The molecule has 0 aliphatic heterocycles. The summed E-state index contributed by atoms with van der Waals surface area (Å²) < 4.78 is 0. The van der Waals surface area contributed by atoms with E-state index in [1.165, 1.54) is 17.2 Å². The van der Waals surface area contributed by atoms with Gasteiger partial charge in [0.2, 0.25) is 0 Å². The van der Waals surface area contributed by atoms with E-state index in [-0.39, 0.29) is 5.92 Å². The second-order valence-electron chi connectivity index (χ2n) is 6.95. The van der Waals surface area contributed by atoms with Crippen LogP contribution >= 0.6 is 0 Å². The number of hydrogen-bond acceptors (Lipinski definition) is 2. The summed E-state index contributed by atoms with van der Waals surface area (Å²) in [7, 11) is 0. The zero-order valence-electron chi connectivity index (χ0n) is 13.9. The van der Waals surface area contributed by atoms with Crippen molar-refractivity contribution < 1.29 is 5.11 Å². The summed E-state index contributed by atoms with van der Waals surface area (Å²) in [4.78, 5) is 4.47. The lowest BCUT2D eigenvalue weighted by molar-refractivity contribution is -0.0544. The van der Waals surface area contributed by atoms with Gasteiger partial charge in [0.25, 0.3) is 0 Å². The molecular weight excluding hydrogens is 294 g/mol. The minimum absolute atomic E-state index is 0.224. The Morgan fingerprint density at radius 2 is 1.79 bits per heavy atom. The van der Waals surface area contributed by atoms with Crippen LogP contribution in [-0.2, 0) is 12.0 Å². The highest BCUT2D eigenvalue weighted by atomic mass is 16.3. The highest BCUT2D eigenvalue weighted by Gasteiger charge is 2.40. The molecule has 1 fully saturated rings. The first-order chi connectivity index (χ1) is 11.8. The van der Waals surface area contributed by atoms with Gasteiger partial charge in [-0.3, -0.25) is 4.98 Å². The lowest BCUT2D eigenvalue weighted by atomic mass is 9.69. The minimum Gasteiger partial charge on any atom is -0.385 e. The van der Waals surface area contributed by atoms with Gasteiger partial charge in [-0.2, -0.15) is 0 Å². The van der Waals surface area contributed by atoms with Crippen molar-refractivity contribution in [3.8, 4) is 0 Å². The summed E-state index contributed by atoms with van der Waals surface area (Å²) in [6.45, 7) is 0. The first-order valence-electron chi connectivity index (χ1n) is 8.87. The highest BCUT2D eigenvalue weighted by Crippen LogP contribution is 2.43. The Balaban J connectivity index is 1.70. The fourth-order valence-electron chi connectivity index (χ4n) is 4.11. The van der Waals surface area contributed by atoms with Gasteiger partial charge in [-0.15, -0.1) is 0 Å². The van der Waals surface area contributed by atoms with Crippen molar-refractivity contribution in [1.82, 2.24) is 4.98 Å². The molecule has 2 atom stereocenters. The first kappa shape index (κ1) is 15.3. The average molecular weight is 317 g/mol. The van der Waals surface area contributed by atoms with Crippen LogP contribution in [-0.4, -0.2) is 10.1 Å². The second-order valence-corrected chi connectivity index (χ2v) is 6.95. The smallest absolute Gasteiger partial charge is 0.0928 e. The van der Waals surface area contributed by atoms with E-state index in [9.17, 15) is 5.11 Å². The third kappa shape index (κ3) is 2.83. The Hall–Kier alpha value is -2.19. The summed E-state index contributed by atoms with van der Waals surface area (Å²) in [6, 6.07) is 20.8. The maximum atomic E-state index is 11.6. The van der Waals surface area contributed by atoms with Crippen molar-refractivity contribution in [3.05, 3.63) is 78.1 Å². The predicted molar refractivity (Wildman–Crippen MR) is 97.7 cm³/mol. The zero-order chi connectivity index (χ0) is 16.4. The molecular formula is C22H23NO. The molecule has 2 heteroatoms. The maximum Gasteiger partial charge on any atom is 0.0928 e. The van der Waals surface area contributed by atoms with Gasteiger partial charge < -0.3 is 5.11 Å². The largest absolute Gasteiger partial charge is 0.385 e. The number of benzene rings is 2. The fraction of sp³-hybridized carbons (Fsp3) is 0.318. The SMILES string of the molecule is O[C@]1(c2ccc3ccccc3c2)CCCC[C@@H]1Cc1ccccn1. The van der Waals surface area contributed by atoms with Gasteiger partial charge in [0.15, 0.2) is 0 Å². The Labute approximate surface area is 143 Å². The van der Waals surface area contributed by atoms with Crippen LogP contribution in [0.1, 0.15) is 36.9 Å². The molecule has 1 aliphatic rings. The molecule has 1 saturated carbocycles. The topological polar surface area (TPSA) is 33.1 Å². The molecule has 3 aromatic rings. The molecule has 1 heterocycles. The Morgan fingerprint density at radius 1 is 0.958 bits per heavy atom. The van der Waals surface area contributed by atoms with Crippen LogP contribution in [0.15, 0.2) is 66.9 Å². The van der Waals surface area contributed by atoms with Crippen molar-refractivity contribution in [2.45, 2.75) is 37.7 Å². The number of aliphatic hydroxyl groups is 1. The first-order valence-corrected chi connectivity index (χ1v) is 8.87. The van der Waals surface area contributed by atoms with Crippen molar-refractivity contribution in [2.24, 2.45) is 5.92 Å². The van der Waals surface area contributed by atoms with Gasteiger partial charge in [-0.05, 0) is 59.7 Å². The third-order valence-electron chi connectivity index (χ3n) is 5.47. The van der Waals surface area contributed by atoms with E-state index >= 15 is 0 Å². The lowest BCUT2D eigenvalue weighted by Crippen LogP contribution is -2.39. The molecule has 0 saturated heterocycles. The summed E-state index contributed by atoms with van der Waals surface area (Å²) in [6.07, 6.45) is 6.84. The van der Waals surface area contributed by atoms with Crippen molar-refractivity contribution >= 4 is 10.8 Å². The van der Waals surface area contributed by atoms with Crippen LogP contribution < -0.4 is 0 Å². The number of aromatic nitrogens is 1. The highest BCUT2D eigenvalue weighted by molar-refractivity contribution is 5.83. The van der Waals surface area contributed by atoms with E-state index in [1.54, 1.807) is 0 Å². The molecule has 24 heavy (non-hydrogen) atoms. The van der Waals surface area contributed by atoms with Gasteiger partial charge in [0.05, 0.1) is 5.60 Å². The van der Waals surface area contributed by atoms with Crippen LogP contribution in [0.25, 0.3) is 10.8 Å². The van der Waals surface area contributed by atoms with E-state index < -0.39 is 5.60 Å². The summed E-state index contributed by atoms with van der Waals surface area (Å²) in [5, 5.41) is 14.0. The summed E-state index contributed by atoms with van der Waals surface area (Å²) in [5.74, 6) is 0.224. The summed E-state index contributed by atoms with van der Waals surface area (Å²) in [5.41, 5.74) is 1.38. The normalized spacial score (nSPS) is 24.1. The van der Waals surface area contributed by atoms with Crippen molar-refractivity contribution in [2.75, 3.05) is 0 Å². The lowest BCUT2D eigenvalue weighted by Gasteiger charge is -2.40. The summed E-state index contributed by atoms with van der Waals surface area (Å²) >= 11 is 0. The predicted octanol–water partition coefficient (Wildman–Crippen LogP) is 4.86. The zero-order valence-corrected chi connectivity index (χ0v) is 13.9. The monoisotopic (exact) mass is 317 g/mol. The van der Waals surface area contributed by atoms with Crippen LogP contribution in [0.3, 0.4) is 0 Å². The standard InChI is InChI=1S/C22H23NO/c24-22(20-12-11-17-7-1-2-8-18(17)15-20)13-5-3-9-19(22)16-21-10-4-6-14-23-21/h1-2,4,6-8,10-12,14-15,19,24H,3,5,9,13,16H2/t19-,22-/m1/s1. The van der Waals surface area contributed by atoms with Gasteiger partial charge in [-0.1, -0.05) is 55.3 Å². The number of fused-ring (bicyclic) bond motifs is 1. The fourth-order valence-corrected chi connectivity index (χ4v) is 4.11. The van der Waals surface area contributed by atoms with E-state index in [1.807, 2.05) is 18.3 Å². The molecule has 0 amide bonds. The van der Waals surface area contributed by atoms with Crippen molar-refractivity contribution in [1.29, 1.82) is 0 Å². The molecule has 1 N–H and O–H groups in total. The Kier molecular flexibility index (Phi) is 4.07. The maximum absolute atomic E-state index is 11.6. The molecule has 0 spiro atoms. The van der Waals surface area contributed by atoms with Crippen LogP contribution in [0.2, 0.25) is 0 Å². The molecule has 0 unspecified atom stereocenters. The van der Waals surface area contributed by atoms with Gasteiger partial charge in [0, 0.05) is 11.9 Å². The van der Waals surface area contributed by atoms with Gasteiger partial charge in [-0.25, -0.2) is 0 Å². The van der Waals surface area contributed by atoms with Crippen molar-refractivity contribution in [3.63, 3.8) is 0 Å². The average Bonchev–Trinajstić information content (AvgIpc) is 2.64. The number of pyridine rings is 1. The van der Waals surface area contributed by atoms with Gasteiger partial charge >= 0.3 is 0 Å². The van der Waals surface area contributed by atoms with Gasteiger partial charge in [0.1, 0.15) is 0 Å². The number of rotatable bonds is 3. The molecule has 0 bridgehead atoms. The Bertz CT molecular complexity index is 830. The molecule has 2 aromatic carbocycles. The van der Waals surface area contributed by atoms with E-state index in [2.05, 4.69) is 53.5 Å². The number of nitrogens with zero attached hydrogens (tertiary/aromatic N) is 1. The van der Waals surface area contributed by atoms with Crippen LogP contribution in [0.5, 0.6) is 0 Å². The molecule has 1 aromatic heterocycles. The number of hydrogen-bond donors (Lipinski definition) is 1. The van der Waals surface area contributed by atoms with Crippen LogP contribution in [0.4, 0.5) is 0 Å². The molecule has 1 aliphatic carbocycles. The molecule has 0 radical (unpaired) electrons. The molecule has 122 valence electrons. The third-order valence-corrected chi connectivity index (χ3v) is 5.47. The minimum atomic E-state index is -0.750. The van der Waals surface area contributed by atoms with Crippen LogP contribution in [0, 0.1) is 5.92 Å².